The third-order valence-corrected chi connectivity index (χ3v) is 4.01. The van der Waals surface area contributed by atoms with E-state index in [4.69, 9.17) is 10.8 Å². The minimum Gasteiger partial charge on any atom is -0.396 e. The highest BCUT2D eigenvalue weighted by molar-refractivity contribution is 5.93. The van der Waals surface area contributed by atoms with Crippen molar-refractivity contribution >= 4 is 11.6 Å². The number of aryl methyl sites for hydroxylation is 2. The lowest BCUT2D eigenvalue weighted by atomic mass is 10.0. The second-order valence-corrected chi connectivity index (χ2v) is 5.68. The molecule has 0 aliphatic rings. The minimum absolute atomic E-state index is 0.214. The Hall–Kier alpha value is -1.55. The fourth-order valence-electron chi connectivity index (χ4n) is 2.72. The van der Waals surface area contributed by atoms with Crippen molar-refractivity contribution in [1.29, 1.82) is 0 Å². The summed E-state index contributed by atoms with van der Waals surface area (Å²) in [6.45, 7) is 7.33. The normalized spacial score (nSPS) is 13.2. The number of anilines is 1. The quantitative estimate of drug-likeness (QED) is 0.484. The van der Waals surface area contributed by atoms with Crippen molar-refractivity contribution in [1.82, 2.24) is 0 Å². The lowest BCUT2D eigenvalue weighted by Crippen LogP contribution is -2.25. The molecule has 0 aliphatic carbocycles. The zero-order valence-electron chi connectivity index (χ0n) is 14.2. The van der Waals surface area contributed by atoms with Crippen LogP contribution in [0.1, 0.15) is 51.2 Å². The second kappa shape index (κ2) is 10.2. The van der Waals surface area contributed by atoms with Gasteiger partial charge in [0.25, 0.3) is 0 Å². The Bertz CT molecular complexity index is 443. The molecule has 1 atom stereocenters. The molecule has 22 heavy (non-hydrogen) atoms. The van der Waals surface area contributed by atoms with Crippen LogP contribution in [0.3, 0.4) is 0 Å². The van der Waals surface area contributed by atoms with Crippen LogP contribution in [-0.4, -0.2) is 24.2 Å². The summed E-state index contributed by atoms with van der Waals surface area (Å²) in [5.74, 6) is 0.872. The first-order valence-electron chi connectivity index (χ1n) is 8.44. The molecule has 4 N–H and O–H groups in total. The van der Waals surface area contributed by atoms with Crippen molar-refractivity contribution < 1.29 is 5.11 Å². The Morgan fingerprint density at radius 3 is 2.32 bits per heavy atom. The van der Waals surface area contributed by atoms with Crippen molar-refractivity contribution in [2.45, 2.75) is 52.9 Å². The number of guanidine groups is 1. The summed E-state index contributed by atoms with van der Waals surface area (Å²) >= 11 is 0. The van der Waals surface area contributed by atoms with Crippen molar-refractivity contribution in [3.8, 4) is 0 Å². The largest absolute Gasteiger partial charge is 0.396 e. The van der Waals surface area contributed by atoms with Crippen molar-refractivity contribution in [2.24, 2.45) is 16.6 Å². The van der Waals surface area contributed by atoms with E-state index in [1.807, 2.05) is 0 Å². The molecule has 1 aromatic rings. The number of aliphatic imine (C=N–C) groups is 1. The zero-order chi connectivity index (χ0) is 16.4. The van der Waals surface area contributed by atoms with Gasteiger partial charge in [-0.05, 0) is 42.7 Å². The van der Waals surface area contributed by atoms with Crippen LogP contribution in [-0.2, 0) is 12.8 Å². The number of benzene rings is 1. The highest BCUT2D eigenvalue weighted by atomic mass is 16.3. The smallest absolute Gasteiger partial charge is 0.193 e. The SMILES string of the molecule is CCCC(CCO)CN=C(N)Nc1c(CC)cccc1CC. The van der Waals surface area contributed by atoms with E-state index in [9.17, 15) is 0 Å². The summed E-state index contributed by atoms with van der Waals surface area (Å²) in [4.78, 5) is 4.48. The fraction of sp³-hybridized carbons (Fsp3) is 0.611. The van der Waals surface area contributed by atoms with E-state index in [-0.39, 0.29) is 6.61 Å². The number of nitrogens with one attached hydrogen (secondary N) is 1. The molecule has 0 fully saturated rings. The van der Waals surface area contributed by atoms with Crippen LogP contribution in [0.5, 0.6) is 0 Å². The second-order valence-electron chi connectivity index (χ2n) is 5.68. The molecule has 1 unspecified atom stereocenters. The molecule has 124 valence electrons. The summed E-state index contributed by atoms with van der Waals surface area (Å²) in [7, 11) is 0. The number of hydrogen-bond donors (Lipinski definition) is 3. The van der Waals surface area contributed by atoms with Crippen LogP contribution in [0, 0.1) is 5.92 Å². The van der Waals surface area contributed by atoms with E-state index in [2.05, 4.69) is 49.3 Å². The van der Waals surface area contributed by atoms with Gasteiger partial charge in [-0.15, -0.1) is 0 Å². The molecule has 1 rings (SSSR count). The number of para-hydroxylation sites is 1. The van der Waals surface area contributed by atoms with Crippen molar-refractivity contribution in [3.63, 3.8) is 0 Å². The molecular formula is C18H31N3O. The molecule has 0 aliphatic heterocycles. The van der Waals surface area contributed by atoms with Gasteiger partial charge in [0.2, 0.25) is 0 Å². The number of nitrogens with two attached hydrogens (primary N) is 1. The van der Waals surface area contributed by atoms with Crippen LogP contribution in [0.25, 0.3) is 0 Å². The highest BCUT2D eigenvalue weighted by Gasteiger charge is 2.09. The van der Waals surface area contributed by atoms with Crippen LogP contribution in [0.2, 0.25) is 0 Å². The van der Waals surface area contributed by atoms with E-state index in [0.717, 1.165) is 37.8 Å². The topological polar surface area (TPSA) is 70.6 Å². The molecular weight excluding hydrogens is 274 g/mol. The van der Waals surface area contributed by atoms with Crippen LogP contribution >= 0.6 is 0 Å². The lowest BCUT2D eigenvalue weighted by molar-refractivity contribution is 0.253. The Morgan fingerprint density at radius 1 is 1.18 bits per heavy atom. The summed E-state index contributed by atoms with van der Waals surface area (Å²) in [6.07, 6.45) is 4.89. The summed E-state index contributed by atoms with van der Waals surface area (Å²) < 4.78 is 0. The predicted octanol–water partition coefficient (Wildman–Crippen LogP) is 3.34. The molecule has 0 amide bonds. The van der Waals surface area contributed by atoms with Crippen LogP contribution in [0.15, 0.2) is 23.2 Å². The van der Waals surface area contributed by atoms with Crippen LogP contribution in [0.4, 0.5) is 5.69 Å². The standard InChI is InChI=1S/C18H31N3O/c1-4-8-14(11-12-22)13-20-18(19)21-17-15(5-2)9-7-10-16(17)6-3/h7,9-10,14,22H,4-6,8,11-13H2,1-3H3,(H3,19,20,21). The summed E-state index contributed by atoms with van der Waals surface area (Å²) in [5.41, 5.74) is 9.69. The summed E-state index contributed by atoms with van der Waals surface area (Å²) in [5, 5.41) is 12.4. The Morgan fingerprint density at radius 2 is 1.82 bits per heavy atom. The molecule has 4 heteroatoms. The minimum atomic E-state index is 0.214. The van der Waals surface area contributed by atoms with Gasteiger partial charge in [0.05, 0.1) is 0 Å². The van der Waals surface area contributed by atoms with E-state index in [1.54, 1.807) is 0 Å². The van der Waals surface area contributed by atoms with Gasteiger partial charge in [0.15, 0.2) is 5.96 Å². The molecule has 4 nitrogen and oxygen atoms in total. The lowest BCUT2D eigenvalue weighted by Gasteiger charge is -2.16. The van der Waals surface area contributed by atoms with Gasteiger partial charge in [0, 0.05) is 18.8 Å². The van der Waals surface area contributed by atoms with Gasteiger partial charge >= 0.3 is 0 Å². The average molecular weight is 305 g/mol. The third-order valence-electron chi connectivity index (χ3n) is 4.01. The van der Waals surface area contributed by atoms with Crippen LogP contribution < -0.4 is 11.1 Å². The van der Waals surface area contributed by atoms with Gasteiger partial charge in [-0.3, -0.25) is 4.99 Å². The van der Waals surface area contributed by atoms with Gasteiger partial charge in [-0.25, -0.2) is 0 Å². The van der Waals surface area contributed by atoms with E-state index >= 15 is 0 Å². The maximum Gasteiger partial charge on any atom is 0.193 e. The maximum absolute atomic E-state index is 9.10. The molecule has 0 saturated heterocycles. The molecule has 0 heterocycles. The Kier molecular flexibility index (Phi) is 8.60. The first kappa shape index (κ1) is 18.5. The van der Waals surface area contributed by atoms with Gasteiger partial charge in [0.1, 0.15) is 0 Å². The molecule has 0 bridgehead atoms. The number of aliphatic hydroxyl groups is 1. The fourth-order valence-corrected chi connectivity index (χ4v) is 2.72. The molecule has 0 aromatic heterocycles. The molecule has 0 radical (unpaired) electrons. The number of hydrogen-bond acceptors (Lipinski definition) is 2. The summed E-state index contributed by atoms with van der Waals surface area (Å²) in [6, 6.07) is 6.34. The van der Waals surface area contributed by atoms with Crippen molar-refractivity contribution in [2.75, 3.05) is 18.5 Å². The predicted molar refractivity (Wildman–Crippen MR) is 95.4 cm³/mol. The Balaban J connectivity index is 2.78. The van der Waals surface area contributed by atoms with Gasteiger partial charge in [-0.2, -0.15) is 0 Å². The van der Waals surface area contributed by atoms with E-state index in [1.165, 1.54) is 11.1 Å². The maximum atomic E-state index is 9.10. The molecule has 0 spiro atoms. The first-order chi connectivity index (χ1) is 10.7. The first-order valence-corrected chi connectivity index (χ1v) is 8.44. The van der Waals surface area contributed by atoms with E-state index in [0.29, 0.717) is 18.4 Å². The zero-order valence-corrected chi connectivity index (χ0v) is 14.2. The number of aliphatic hydroxyl groups excluding tert-OH is 1. The van der Waals surface area contributed by atoms with Gasteiger partial charge < -0.3 is 16.2 Å². The molecule has 1 aromatic carbocycles. The Labute approximate surface area is 134 Å². The monoisotopic (exact) mass is 305 g/mol. The third kappa shape index (κ3) is 5.68. The highest BCUT2D eigenvalue weighted by Crippen LogP contribution is 2.22. The molecule has 0 saturated carbocycles. The van der Waals surface area contributed by atoms with Gasteiger partial charge in [-0.1, -0.05) is 45.4 Å². The average Bonchev–Trinajstić information content (AvgIpc) is 2.53. The van der Waals surface area contributed by atoms with E-state index < -0.39 is 0 Å². The number of nitrogens with zero attached hydrogens (tertiary/aromatic N) is 1. The number of rotatable bonds is 9. The van der Waals surface area contributed by atoms with Crippen molar-refractivity contribution in [3.05, 3.63) is 29.3 Å².